The Morgan fingerprint density at radius 2 is 1.46 bits per heavy atom. The summed E-state index contributed by atoms with van der Waals surface area (Å²) in [5.41, 5.74) is 4.28. The average molecular weight is 469 g/mol. The summed E-state index contributed by atoms with van der Waals surface area (Å²) in [6.45, 7) is 4.52. The van der Waals surface area contributed by atoms with E-state index in [4.69, 9.17) is 0 Å². The lowest BCUT2D eigenvalue weighted by Crippen LogP contribution is -2.13. The molecule has 0 spiro atoms. The SMILES string of the molecule is CCCCCCCc1ccc2cc(C#Cc3ccc(C4CCC(CCC)CC4)cc3)ccc2c1F. The molecule has 1 saturated carbocycles. The summed E-state index contributed by atoms with van der Waals surface area (Å²) >= 11 is 0. The maximum Gasteiger partial charge on any atom is 0.134 e. The second-order valence-corrected chi connectivity index (χ2v) is 10.5. The molecule has 0 aromatic heterocycles. The van der Waals surface area contributed by atoms with Crippen molar-refractivity contribution in [2.45, 2.75) is 96.8 Å². The van der Waals surface area contributed by atoms with Crippen molar-refractivity contribution in [1.82, 2.24) is 0 Å². The molecule has 1 fully saturated rings. The summed E-state index contributed by atoms with van der Waals surface area (Å²) in [6.07, 6.45) is 14.9. The topological polar surface area (TPSA) is 0 Å². The summed E-state index contributed by atoms with van der Waals surface area (Å²) in [6, 6.07) is 18.7. The largest absolute Gasteiger partial charge is 0.206 e. The first-order valence-electron chi connectivity index (χ1n) is 14.0. The lowest BCUT2D eigenvalue weighted by Gasteiger charge is -2.28. The quantitative estimate of drug-likeness (QED) is 0.216. The lowest BCUT2D eigenvalue weighted by molar-refractivity contribution is 0.308. The number of halogens is 1. The molecule has 0 saturated heterocycles. The maximum absolute atomic E-state index is 15.0. The molecule has 3 aromatic rings. The molecule has 0 aliphatic heterocycles. The van der Waals surface area contributed by atoms with Crippen LogP contribution in [-0.2, 0) is 6.42 Å². The molecule has 0 radical (unpaired) electrons. The highest BCUT2D eigenvalue weighted by Crippen LogP contribution is 2.37. The van der Waals surface area contributed by atoms with Gasteiger partial charge in [0.05, 0.1) is 0 Å². The predicted molar refractivity (Wildman–Crippen MR) is 148 cm³/mol. The van der Waals surface area contributed by atoms with Crippen molar-refractivity contribution in [3.05, 3.63) is 82.7 Å². The highest BCUT2D eigenvalue weighted by Gasteiger charge is 2.21. The van der Waals surface area contributed by atoms with Crippen LogP contribution >= 0.6 is 0 Å². The summed E-state index contributed by atoms with van der Waals surface area (Å²) in [4.78, 5) is 0. The van der Waals surface area contributed by atoms with E-state index in [0.717, 1.165) is 40.8 Å². The molecule has 3 aromatic carbocycles. The average Bonchev–Trinajstić information content (AvgIpc) is 2.89. The number of aryl methyl sites for hydroxylation is 1. The lowest BCUT2D eigenvalue weighted by atomic mass is 9.77. The van der Waals surface area contributed by atoms with Crippen LogP contribution in [0.4, 0.5) is 4.39 Å². The number of fused-ring (bicyclic) bond motifs is 1. The minimum absolute atomic E-state index is 0.0585. The smallest absolute Gasteiger partial charge is 0.134 e. The minimum atomic E-state index is -0.0585. The van der Waals surface area contributed by atoms with Crippen molar-refractivity contribution in [1.29, 1.82) is 0 Å². The number of hydrogen-bond acceptors (Lipinski definition) is 0. The van der Waals surface area contributed by atoms with E-state index in [1.54, 1.807) is 0 Å². The number of benzene rings is 3. The van der Waals surface area contributed by atoms with Crippen LogP contribution in [0.5, 0.6) is 0 Å². The first-order chi connectivity index (χ1) is 17.2. The maximum atomic E-state index is 15.0. The van der Waals surface area contributed by atoms with Gasteiger partial charge < -0.3 is 0 Å². The van der Waals surface area contributed by atoms with Gasteiger partial charge in [0.25, 0.3) is 0 Å². The van der Waals surface area contributed by atoms with Crippen molar-refractivity contribution in [2.24, 2.45) is 5.92 Å². The molecule has 0 unspecified atom stereocenters. The van der Waals surface area contributed by atoms with Gasteiger partial charge in [-0.2, -0.15) is 0 Å². The molecule has 4 rings (SSSR count). The Balaban J connectivity index is 1.38. The van der Waals surface area contributed by atoms with E-state index in [1.165, 1.54) is 69.8 Å². The fraction of sp³-hybridized carbons (Fsp3) is 0.471. The van der Waals surface area contributed by atoms with Crippen molar-refractivity contribution >= 4 is 10.8 Å². The summed E-state index contributed by atoms with van der Waals surface area (Å²) in [5.74, 6) is 8.19. The van der Waals surface area contributed by atoms with E-state index >= 15 is 4.39 Å². The third-order valence-corrected chi connectivity index (χ3v) is 7.86. The van der Waals surface area contributed by atoms with Crippen LogP contribution < -0.4 is 0 Å². The van der Waals surface area contributed by atoms with Crippen molar-refractivity contribution < 1.29 is 4.39 Å². The number of rotatable bonds is 9. The summed E-state index contributed by atoms with van der Waals surface area (Å²) in [5, 5.41) is 1.64. The highest BCUT2D eigenvalue weighted by molar-refractivity contribution is 5.85. The molecule has 1 aliphatic rings. The Morgan fingerprint density at radius 3 is 2.20 bits per heavy atom. The Morgan fingerprint density at radius 1 is 0.743 bits per heavy atom. The van der Waals surface area contributed by atoms with Crippen LogP contribution in [0, 0.1) is 23.6 Å². The van der Waals surface area contributed by atoms with Crippen LogP contribution in [-0.4, -0.2) is 0 Å². The molecule has 1 heteroatoms. The molecular formula is C34H41F. The minimum Gasteiger partial charge on any atom is -0.206 e. The van der Waals surface area contributed by atoms with E-state index in [2.05, 4.69) is 56.0 Å². The molecule has 0 nitrogen and oxygen atoms in total. The molecule has 0 heterocycles. The van der Waals surface area contributed by atoms with Gasteiger partial charge in [-0.05, 0) is 91.1 Å². The van der Waals surface area contributed by atoms with Gasteiger partial charge >= 0.3 is 0 Å². The zero-order valence-corrected chi connectivity index (χ0v) is 21.7. The molecule has 0 amide bonds. The third kappa shape index (κ3) is 6.98. The first kappa shape index (κ1) is 25.5. The number of unbranched alkanes of at least 4 members (excludes halogenated alkanes) is 4. The van der Waals surface area contributed by atoms with Gasteiger partial charge in [-0.15, -0.1) is 0 Å². The van der Waals surface area contributed by atoms with Crippen LogP contribution in [0.15, 0.2) is 54.6 Å². The van der Waals surface area contributed by atoms with Crippen LogP contribution in [0.25, 0.3) is 10.8 Å². The van der Waals surface area contributed by atoms with Crippen molar-refractivity contribution in [3.63, 3.8) is 0 Å². The van der Waals surface area contributed by atoms with Crippen LogP contribution in [0.3, 0.4) is 0 Å². The fourth-order valence-corrected chi connectivity index (χ4v) is 5.70. The molecule has 35 heavy (non-hydrogen) atoms. The van der Waals surface area contributed by atoms with Gasteiger partial charge in [-0.25, -0.2) is 4.39 Å². The van der Waals surface area contributed by atoms with Gasteiger partial charge in [-0.1, -0.05) is 94.5 Å². The van der Waals surface area contributed by atoms with E-state index in [-0.39, 0.29) is 5.82 Å². The molecule has 1 aliphatic carbocycles. The van der Waals surface area contributed by atoms with Crippen LogP contribution in [0.1, 0.15) is 113 Å². The first-order valence-corrected chi connectivity index (χ1v) is 14.0. The standard InChI is InChI=1S/C34H41F/c1-3-5-6-7-8-10-31-22-23-32-25-28(17-24-33(32)34(31)35)12-11-27-15-20-30(21-16-27)29-18-13-26(9-4-2)14-19-29/h15-17,20-26,29H,3-10,13-14,18-19H2,1-2H3. The Labute approximate surface area is 212 Å². The Kier molecular flexibility index (Phi) is 9.42. The Hall–Kier alpha value is -2.59. The monoisotopic (exact) mass is 468 g/mol. The Bertz CT molecular complexity index is 1140. The molecule has 0 N–H and O–H groups in total. The predicted octanol–water partition coefficient (Wildman–Crippen LogP) is 9.97. The van der Waals surface area contributed by atoms with E-state index < -0.39 is 0 Å². The number of hydrogen-bond donors (Lipinski definition) is 0. The van der Waals surface area contributed by atoms with E-state index in [0.29, 0.717) is 11.3 Å². The van der Waals surface area contributed by atoms with Gasteiger partial charge in [0.1, 0.15) is 5.82 Å². The second kappa shape index (κ2) is 12.9. The molecule has 0 bridgehead atoms. The molecular weight excluding hydrogens is 427 g/mol. The van der Waals surface area contributed by atoms with E-state index in [1.807, 2.05) is 24.3 Å². The van der Waals surface area contributed by atoms with Gasteiger partial charge in [0, 0.05) is 16.5 Å². The third-order valence-electron chi connectivity index (χ3n) is 7.86. The van der Waals surface area contributed by atoms with Crippen LogP contribution in [0.2, 0.25) is 0 Å². The van der Waals surface area contributed by atoms with Gasteiger partial charge in [-0.3, -0.25) is 0 Å². The zero-order valence-electron chi connectivity index (χ0n) is 21.7. The van der Waals surface area contributed by atoms with Gasteiger partial charge in [0.2, 0.25) is 0 Å². The molecule has 184 valence electrons. The highest BCUT2D eigenvalue weighted by atomic mass is 19.1. The van der Waals surface area contributed by atoms with E-state index in [9.17, 15) is 0 Å². The zero-order chi connectivity index (χ0) is 24.5. The summed E-state index contributed by atoms with van der Waals surface area (Å²) in [7, 11) is 0. The van der Waals surface area contributed by atoms with Gasteiger partial charge in [0.15, 0.2) is 0 Å². The normalized spacial score (nSPS) is 17.8. The van der Waals surface area contributed by atoms with Crippen molar-refractivity contribution in [3.8, 4) is 11.8 Å². The fourth-order valence-electron chi connectivity index (χ4n) is 5.70. The molecule has 0 atom stereocenters. The summed E-state index contributed by atoms with van der Waals surface area (Å²) < 4.78 is 15.0. The van der Waals surface area contributed by atoms with Crippen molar-refractivity contribution in [2.75, 3.05) is 0 Å². The second-order valence-electron chi connectivity index (χ2n) is 10.5.